The van der Waals surface area contributed by atoms with Gasteiger partial charge in [-0.25, -0.2) is 8.78 Å². The lowest BCUT2D eigenvalue weighted by atomic mass is 10.0. The Labute approximate surface area is 112 Å². The molecule has 0 saturated heterocycles. The molecule has 19 heavy (non-hydrogen) atoms. The lowest BCUT2D eigenvalue weighted by molar-refractivity contribution is 0.0175. The minimum Gasteiger partial charge on any atom is -0.461 e. The zero-order chi connectivity index (χ0) is 14.0. The zero-order valence-electron chi connectivity index (χ0n) is 11.7. The largest absolute Gasteiger partial charge is 0.461 e. The number of halogens is 2. The molecule has 0 aliphatic rings. The summed E-state index contributed by atoms with van der Waals surface area (Å²) in [6.45, 7) is 5.11. The molecule has 0 N–H and O–H groups in total. The number of aryl methyl sites for hydroxylation is 2. The highest BCUT2D eigenvalue weighted by atomic mass is 19.3. The zero-order valence-corrected chi connectivity index (χ0v) is 11.7. The van der Waals surface area contributed by atoms with Crippen LogP contribution in [0, 0.1) is 0 Å². The summed E-state index contributed by atoms with van der Waals surface area (Å²) in [5.41, 5.74) is 1.76. The van der Waals surface area contributed by atoms with E-state index < -0.39 is 5.92 Å². The first-order valence-electron chi connectivity index (χ1n) is 6.90. The van der Waals surface area contributed by atoms with Gasteiger partial charge >= 0.3 is 0 Å². The lowest BCUT2D eigenvalue weighted by Gasteiger charge is -2.09. The molecule has 0 radical (unpaired) electrons. The number of furan rings is 1. The fraction of sp³-hybridized carbons (Fsp3) is 0.500. The van der Waals surface area contributed by atoms with Crippen LogP contribution in [0.2, 0.25) is 0 Å². The molecule has 0 amide bonds. The van der Waals surface area contributed by atoms with Crippen LogP contribution in [0.5, 0.6) is 0 Å². The Hall–Kier alpha value is -1.38. The topological polar surface area (TPSA) is 13.1 Å². The second-order valence-electron chi connectivity index (χ2n) is 5.06. The molecule has 0 bridgehead atoms. The number of hydrogen-bond donors (Lipinski definition) is 0. The van der Waals surface area contributed by atoms with Crippen LogP contribution in [-0.4, -0.2) is 0 Å². The first-order valence-corrected chi connectivity index (χ1v) is 6.90. The molecule has 1 heterocycles. The molecule has 0 atom stereocenters. The Morgan fingerprint density at radius 3 is 2.53 bits per heavy atom. The molecular formula is C16H20F2O. The second kappa shape index (κ2) is 5.32. The average molecular weight is 266 g/mol. The Kier molecular flexibility index (Phi) is 3.93. The van der Waals surface area contributed by atoms with Gasteiger partial charge in [-0.2, -0.15) is 0 Å². The van der Waals surface area contributed by atoms with Crippen molar-refractivity contribution >= 4 is 11.0 Å². The Morgan fingerprint density at radius 2 is 1.95 bits per heavy atom. The maximum absolute atomic E-state index is 13.3. The molecule has 0 unspecified atom stereocenters. The van der Waals surface area contributed by atoms with Crippen LogP contribution in [0.15, 0.2) is 22.6 Å². The monoisotopic (exact) mass is 266 g/mol. The molecule has 3 heteroatoms. The maximum Gasteiger partial charge on any atom is 0.270 e. The predicted molar refractivity (Wildman–Crippen MR) is 73.8 cm³/mol. The molecule has 0 fully saturated rings. The molecular weight excluding hydrogens is 246 g/mol. The van der Waals surface area contributed by atoms with Crippen LogP contribution in [0.25, 0.3) is 11.0 Å². The average Bonchev–Trinajstić information content (AvgIpc) is 2.71. The summed E-state index contributed by atoms with van der Waals surface area (Å²) in [7, 11) is 0. The van der Waals surface area contributed by atoms with Gasteiger partial charge in [-0.3, -0.25) is 0 Å². The van der Waals surface area contributed by atoms with Gasteiger partial charge in [0.1, 0.15) is 11.3 Å². The third-order valence-electron chi connectivity index (χ3n) is 3.49. The number of benzene rings is 1. The van der Waals surface area contributed by atoms with E-state index in [2.05, 4.69) is 13.8 Å². The van der Waals surface area contributed by atoms with Crippen LogP contribution >= 0.6 is 0 Å². The van der Waals surface area contributed by atoms with E-state index in [0.29, 0.717) is 5.58 Å². The van der Waals surface area contributed by atoms with E-state index in [1.807, 2.05) is 0 Å². The molecule has 0 saturated carbocycles. The van der Waals surface area contributed by atoms with Gasteiger partial charge < -0.3 is 4.42 Å². The van der Waals surface area contributed by atoms with Gasteiger partial charge in [0.05, 0.1) is 0 Å². The molecule has 1 aromatic heterocycles. The van der Waals surface area contributed by atoms with Crippen molar-refractivity contribution in [2.24, 2.45) is 0 Å². The molecule has 2 aromatic rings. The van der Waals surface area contributed by atoms with Crippen molar-refractivity contribution in [2.45, 2.75) is 52.4 Å². The second-order valence-corrected chi connectivity index (χ2v) is 5.06. The lowest BCUT2D eigenvalue weighted by Crippen LogP contribution is -2.06. The Bertz CT molecular complexity index is 564. The minimum absolute atomic E-state index is 0.0124. The normalized spacial score (nSPS) is 12.3. The van der Waals surface area contributed by atoms with Crippen LogP contribution in [-0.2, 0) is 18.8 Å². The van der Waals surface area contributed by atoms with E-state index in [4.69, 9.17) is 4.42 Å². The predicted octanol–water partition coefficient (Wildman–Crippen LogP) is 5.45. The highest BCUT2D eigenvalue weighted by molar-refractivity contribution is 5.83. The van der Waals surface area contributed by atoms with Crippen LogP contribution in [0.3, 0.4) is 0 Å². The summed E-state index contributed by atoms with van der Waals surface area (Å²) < 4.78 is 32.5. The summed E-state index contributed by atoms with van der Waals surface area (Å²) in [6, 6.07) is 4.74. The fourth-order valence-electron chi connectivity index (χ4n) is 2.40. The van der Waals surface area contributed by atoms with Crippen molar-refractivity contribution in [2.75, 3.05) is 0 Å². The van der Waals surface area contributed by atoms with E-state index in [1.165, 1.54) is 12.1 Å². The quantitative estimate of drug-likeness (QED) is 0.701. The van der Waals surface area contributed by atoms with Gasteiger partial charge in [-0.1, -0.05) is 32.4 Å². The van der Waals surface area contributed by atoms with Crippen molar-refractivity contribution in [1.82, 2.24) is 0 Å². The van der Waals surface area contributed by atoms with Crippen molar-refractivity contribution in [1.29, 1.82) is 0 Å². The smallest absolute Gasteiger partial charge is 0.270 e. The molecule has 104 valence electrons. The van der Waals surface area contributed by atoms with Gasteiger partial charge in [0.25, 0.3) is 5.92 Å². The molecule has 0 aliphatic carbocycles. The number of fused-ring (bicyclic) bond motifs is 1. The van der Waals surface area contributed by atoms with Crippen molar-refractivity contribution in [3.8, 4) is 0 Å². The number of unbranched alkanes of at least 4 members (excludes halogenated alkanes) is 1. The molecule has 1 nitrogen and oxygen atoms in total. The first kappa shape index (κ1) is 14.0. The number of alkyl halides is 2. The summed E-state index contributed by atoms with van der Waals surface area (Å²) in [4.78, 5) is 0. The summed E-state index contributed by atoms with van der Waals surface area (Å²) in [6.07, 6.45) is 3.90. The van der Waals surface area contributed by atoms with E-state index >= 15 is 0 Å². The van der Waals surface area contributed by atoms with Crippen LogP contribution in [0.1, 0.15) is 50.5 Å². The van der Waals surface area contributed by atoms with E-state index in [9.17, 15) is 8.78 Å². The minimum atomic E-state index is -2.82. The van der Waals surface area contributed by atoms with Gasteiger partial charge in [0.15, 0.2) is 0 Å². The third kappa shape index (κ3) is 2.80. The molecule has 1 aromatic carbocycles. The van der Waals surface area contributed by atoms with Crippen molar-refractivity contribution < 1.29 is 13.2 Å². The van der Waals surface area contributed by atoms with Crippen LogP contribution < -0.4 is 0 Å². The maximum atomic E-state index is 13.3. The fourth-order valence-corrected chi connectivity index (χ4v) is 2.40. The third-order valence-corrected chi connectivity index (χ3v) is 3.49. The standard InChI is InChI=1S/C16H20F2O/c1-4-6-7-14-12(5-2)13-9-8-11(16(3,17)18)10-15(13)19-14/h8-10H,4-7H2,1-3H3. The summed E-state index contributed by atoms with van der Waals surface area (Å²) in [5.74, 6) is -1.87. The number of hydrogen-bond acceptors (Lipinski definition) is 1. The van der Waals surface area contributed by atoms with Crippen molar-refractivity contribution in [3.63, 3.8) is 0 Å². The van der Waals surface area contributed by atoms with Gasteiger partial charge in [-0.15, -0.1) is 0 Å². The van der Waals surface area contributed by atoms with Gasteiger partial charge in [0, 0.05) is 29.9 Å². The molecule has 0 spiro atoms. The van der Waals surface area contributed by atoms with Crippen LogP contribution in [0.4, 0.5) is 8.78 Å². The Balaban J connectivity index is 2.49. The van der Waals surface area contributed by atoms with E-state index in [1.54, 1.807) is 6.07 Å². The van der Waals surface area contributed by atoms with E-state index in [0.717, 1.165) is 49.3 Å². The Morgan fingerprint density at radius 1 is 1.21 bits per heavy atom. The molecule has 0 aliphatic heterocycles. The van der Waals surface area contributed by atoms with Crippen molar-refractivity contribution in [3.05, 3.63) is 35.1 Å². The van der Waals surface area contributed by atoms with Gasteiger partial charge in [0.2, 0.25) is 0 Å². The highest BCUT2D eigenvalue weighted by Gasteiger charge is 2.25. The van der Waals surface area contributed by atoms with Gasteiger partial charge in [-0.05, 0) is 18.9 Å². The summed E-state index contributed by atoms with van der Waals surface area (Å²) in [5, 5.41) is 0.974. The highest BCUT2D eigenvalue weighted by Crippen LogP contribution is 2.33. The molecule has 2 rings (SSSR count). The van der Waals surface area contributed by atoms with E-state index in [-0.39, 0.29) is 5.56 Å². The SMILES string of the molecule is CCCCc1oc2cc(C(C)(F)F)ccc2c1CC. The number of rotatable bonds is 5. The summed E-state index contributed by atoms with van der Waals surface area (Å²) >= 11 is 0. The first-order chi connectivity index (χ1) is 8.97.